The fourth-order valence-corrected chi connectivity index (χ4v) is 2.67. The van der Waals surface area contributed by atoms with E-state index in [2.05, 4.69) is 22.4 Å². The van der Waals surface area contributed by atoms with E-state index in [0.29, 0.717) is 6.10 Å². The molecule has 1 atom stereocenters. The number of thioether (sulfide) groups is 1. The van der Waals surface area contributed by atoms with Crippen molar-refractivity contribution >= 4 is 11.8 Å². The van der Waals surface area contributed by atoms with Crippen LogP contribution in [0.3, 0.4) is 0 Å². The lowest BCUT2D eigenvalue weighted by Crippen LogP contribution is -2.08. The molecule has 4 heteroatoms. The van der Waals surface area contributed by atoms with Crippen LogP contribution in [-0.2, 0) is 11.3 Å². The van der Waals surface area contributed by atoms with Gasteiger partial charge in [-0.2, -0.15) is 0 Å². The summed E-state index contributed by atoms with van der Waals surface area (Å²) < 4.78 is 5.58. The first-order valence-corrected chi connectivity index (χ1v) is 6.71. The van der Waals surface area contributed by atoms with Gasteiger partial charge in [-0.15, -0.1) is 11.8 Å². The van der Waals surface area contributed by atoms with E-state index in [-0.39, 0.29) is 0 Å². The Bertz CT molecular complexity index is 309. The molecular weight excluding hydrogens is 220 g/mol. The van der Waals surface area contributed by atoms with E-state index >= 15 is 0 Å². The molecule has 0 spiro atoms. The lowest BCUT2D eigenvalue weighted by atomic mass is 10.3. The third kappa shape index (κ3) is 3.47. The van der Waals surface area contributed by atoms with Crippen LogP contribution in [-0.4, -0.2) is 30.5 Å². The van der Waals surface area contributed by atoms with Gasteiger partial charge in [0.1, 0.15) is 0 Å². The highest BCUT2D eigenvalue weighted by molar-refractivity contribution is 7.99. The predicted molar refractivity (Wildman–Crippen MR) is 66.7 cm³/mol. The number of hydrogen-bond donors (Lipinski definition) is 1. The van der Waals surface area contributed by atoms with E-state index in [4.69, 9.17) is 4.74 Å². The van der Waals surface area contributed by atoms with Crippen LogP contribution in [0.1, 0.15) is 18.4 Å². The van der Waals surface area contributed by atoms with E-state index < -0.39 is 0 Å². The molecule has 88 valence electrons. The van der Waals surface area contributed by atoms with Crippen molar-refractivity contribution in [3.8, 4) is 0 Å². The van der Waals surface area contributed by atoms with Crippen LogP contribution in [0, 0.1) is 0 Å². The first-order valence-electron chi connectivity index (χ1n) is 5.72. The number of hydrogen-bond acceptors (Lipinski definition) is 4. The zero-order chi connectivity index (χ0) is 11.2. The van der Waals surface area contributed by atoms with Gasteiger partial charge in [0.2, 0.25) is 0 Å². The summed E-state index contributed by atoms with van der Waals surface area (Å²) in [7, 11) is 1.94. The van der Waals surface area contributed by atoms with Crippen LogP contribution < -0.4 is 5.32 Å². The molecule has 3 nitrogen and oxygen atoms in total. The Labute approximate surface area is 101 Å². The third-order valence-corrected chi connectivity index (χ3v) is 3.70. The molecule has 16 heavy (non-hydrogen) atoms. The van der Waals surface area contributed by atoms with Crippen molar-refractivity contribution in [2.45, 2.75) is 30.5 Å². The molecule has 1 aliphatic rings. The Balaban J connectivity index is 1.80. The predicted octanol–water partition coefficient (Wildman–Crippen LogP) is 2.07. The van der Waals surface area contributed by atoms with Crippen LogP contribution in [0.25, 0.3) is 0 Å². The van der Waals surface area contributed by atoms with Crippen LogP contribution in [0.4, 0.5) is 0 Å². The molecule has 0 bridgehead atoms. The molecular formula is C12H18N2OS. The maximum atomic E-state index is 5.58. The number of ether oxygens (including phenoxy) is 1. The fraction of sp³-hybridized carbons (Fsp3) is 0.583. The summed E-state index contributed by atoms with van der Waals surface area (Å²) in [6, 6.07) is 4.22. The minimum atomic E-state index is 0.434. The normalized spacial score (nSPS) is 20.2. The van der Waals surface area contributed by atoms with Crippen molar-refractivity contribution < 1.29 is 4.74 Å². The second-order valence-corrected chi connectivity index (χ2v) is 5.02. The molecule has 1 N–H and O–H groups in total. The first kappa shape index (κ1) is 11.9. The average molecular weight is 238 g/mol. The molecule has 0 radical (unpaired) electrons. The minimum Gasteiger partial charge on any atom is -0.377 e. The minimum absolute atomic E-state index is 0.434. The lowest BCUT2D eigenvalue weighted by Gasteiger charge is -2.08. The zero-order valence-electron chi connectivity index (χ0n) is 9.61. The Morgan fingerprint density at radius 3 is 3.12 bits per heavy atom. The summed E-state index contributed by atoms with van der Waals surface area (Å²) in [6.45, 7) is 1.81. The maximum Gasteiger partial charge on any atom is 0.0960 e. The Morgan fingerprint density at radius 1 is 1.56 bits per heavy atom. The van der Waals surface area contributed by atoms with Crippen LogP contribution in [0.15, 0.2) is 23.4 Å². The van der Waals surface area contributed by atoms with Gasteiger partial charge in [0, 0.05) is 25.1 Å². The van der Waals surface area contributed by atoms with E-state index in [1.807, 2.05) is 13.2 Å². The van der Waals surface area contributed by atoms with Gasteiger partial charge in [0.15, 0.2) is 0 Å². The van der Waals surface area contributed by atoms with Gasteiger partial charge in [-0.25, -0.2) is 4.98 Å². The summed E-state index contributed by atoms with van der Waals surface area (Å²) in [5.74, 6) is 1.03. The Morgan fingerprint density at radius 2 is 2.50 bits per heavy atom. The molecule has 1 aromatic heterocycles. The van der Waals surface area contributed by atoms with E-state index in [1.54, 1.807) is 11.8 Å². The number of nitrogens with zero attached hydrogens (tertiary/aromatic N) is 1. The topological polar surface area (TPSA) is 34.1 Å². The molecule has 2 rings (SSSR count). The van der Waals surface area contributed by atoms with Crippen LogP contribution >= 0.6 is 11.8 Å². The SMILES string of the molecule is CNCc1ccc(SCC2CCCO2)nc1. The van der Waals surface area contributed by atoms with Gasteiger partial charge < -0.3 is 10.1 Å². The quantitative estimate of drug-likeness (QED) is 0.796. The second kappa shape index (κ2) is 6.23. The van der Waals surface area contributed by atoms with Crippen LogP contribution in [0.2, 0.25) is 0 Å². The van der Waals surface area contributed by atoms with E-state index in [0.717, 1.165) is 23.9 Å². The smallest absolute Gasteiger partial charge is 0.0960 e. The van der Waals surface area contributed by atoms with Crippen molar-refractivity contribution in [1.82, 2.24) is 10.3 Å². The fourth-order valence-electron chi connectivity index (χ4n) is 1.76. The summed E-state index contributed by atoms with van der Waals surface area (Å²) in [6.07, 6.45) is 4.78. The molecule has 0 amide bonds. The van der Waals surface area contributed by atoms with Crippen molar-refractivity contribution in [1.29, 1.82) is 0 Å². The molecule has 1 fully saturated rings. The van der Waals surface area contributed by atoms with Gasteiger partial charge in [-0.3, -0.25) is 0 Å². The summed E-state index contributed by atoms with van der Waals surface area (Å²) in [5.41, 5.74) is 1.23. The highest BCUT2D eigenvalue weighted by atomic mass is 32.2. The van der Waals surface area contributed by atoms with Gasteiger partial charge in [0.05, 0.1) is 11.1 Å². The van der Waals surface area contributed by atoms with E-state index in [1.165, 1.54) is 18.4 Å². The molecule has 0 aromatic carbocycles. The first-order chi connectivity index (χ1) is 7.88. The van der Waals surface area contributed by atoms with Crippen molar-refractivity contribution in [2.75, 3.05) is 19.4 Å². The maximum absolute atomic E-state index is 5.58. The summed E-state index contributed by atoms with van der Waals surface area (Å²) >= 11 is 1.79. The second-order valence-electron chi connectivity index (χ2n) is 3.98. The molecule has 1 saturated heterocycles. The van der Waals surface area contributed by atoms with Gasteiger partial charge in [-0.05, 0) is 31.5 Å². The Hall–Kier alpha value is -0.580. The average Bonchev–Trinajstić information content (AvgIpc) is 2.82. The van der Waals surface area contributed by atoms with Crippen LogP contribution in [0.5, 0.6) is 0 Å². The highest BCUT2D eigenvalue weighted by Crippen LogP contribution is 2.22. The third-order valence-electron chi connectivity index (χ3n) is 2.62. The van der Waals surface area contributed by atoms with Crippen molar-refractivity contribution in [2.24, 2.45) is 0 Å². The molecule has 1 aromatic rings. The lowest BCUT2D eigenvalue weighted by molar-refractivity contribution is 0.129. The molecule has 1 aliphatic heterocycles. The number of pyridine rings is 1. The molecule has 1 unspecified atom stereocenters. The molecule has 2 heterocycles. The van der Waals surface area contributed by atoms with E-state index in [9.17, 15) is 0 Å². The van der Waals surface area contributed by atoms with Gasteiger partial charge in [-0.1, -0.05) is 6.07 Å². The van der Waals surface area contributed by atoms with Crippen molar-refractivity contribution in [3.05, 3.63) is 23.9 Å². The monoisotopic (exact) mass is 238 g/mol. The number of nitrogens with one attached hydrogen (secondary N) is 1. The number of rotatable bonds is 5. The van der Waals surface area contributed by atoms with Gasteiger partial charge in [0.25, 0.3) is 0 Å². The Kier molecular flexibility index (Phi) is 4.63. The standard InChI is InChI=1S/C12H18N2OS/c1-13-7-10-4-5-12(14-8-10)16-9-11-3-2-6-15-11/h4-5,8,11,13H,2-3,6-7,9H2,1H3. The molecule has 0 saturated carbocycles. The summed E-state index contributed by atoms with van der Waals surface area (Å²) in [4.78, 5) is 4.43. The van der Waals surface area contributed by atoms with Crippen molar-refractivity contribution in [3.63, 3.8) is 0 Å². The number of aromatic nitrogens is 1. The highest BCUT2D eigenvalue weighted by Gasteiger charge is 2.15. The zero-order valence-corrected chi connectivity index (χ0v) is 10.4. The molecule has 0 aliphatic carbocycles. The van der Waals surface area contributed by atoms with Gasteiger partial charge >= 0.3 is 0 Å². The largest absolute Gasteiger partial charge is 0.377 e. The summed E-state index contributed by atoms with van der Waals surface area (Å²) in [5, 5.41) is 4.21.